The van der Waals surface area contributed by atoms with Crippen molar-refractivity contribution >= 4 is 11.6 Å². The molecule has 0 spiro atoms. The second-order valence-corrected chi connectivity index (χ2v) is 4.93. The number of rotatable bonds is 3. The highest BCUT2D eigenvalue weighted by Crippen LogP contribution is 2.17. The number of aryl methyl sites for hydroxylation is 1. The molecular formula is C15H20N2O. The van der Waals surface area contributed by atoms with E-state index in [2.05, 4.69) is 17.5 Å². The molecule has 1 aliphatic carbocycles. The van der Waals surface area contributed by atoms with E-state index in [1.807, 2.05) is 19.1 Å². The standard InChI is InChI=1S/C15H20N2O/c1-11-7-8-13(16)9-14(11)15(18)17-10-12-5-3-2-4-6-12/h2-3,7-9,12H,4-6,10,16H2,1H3,(H,17,18). The normalized spacial score (nSPS) is 18.6. The molecule has 1 aromatic rings. The lowest BCUT2D eigenvalue weighted by molar-refractivity contribution is 0.0945. The van der Waals surface area contributed by atoms with Crippen molar-refractivity contribution in [3.8, 4) is 0 Å². The predicted octanol–water partition coefficient (Wildman–Crippen LogP) is 2.66. The fourth-order valence-corrected chi connectivity index (χ4v) is 2.26. The predicted molar refractivity (Wildman–Crippen MR) is 74.4 cm³/mol. The molecule has 0 saturated carbocycles. The molecule has 3 nitrogen and oxygen atoms in total. The maximum Gasteiger partial charge on any atom is 0.251 e. The third-order valence-electron chi connectivity index (χ3n) is 3.44. The Morgan fingerprint density at radius 2 is 2.28 bits per heavy atom. The third-order valence-corrected chi connectivity index (χ3v) is 3.44. The van der Waals surface area contributed by atoms with Crippen LogP contribution in [0, 0.1) is 12.8 Å². The first kappa shape index (κ1) is 12.7. The minimum absolute atomic E-state index is 0.0191. The SMILES string of the molecule is Cc1ccc(N)cc1C(=O)NCC1CC=CCC1. The Bertz CT molecular complexity index is 466. The lowest BCUT2D eigenvalue weighted by atomic mass is 9.94. The molecule has 0 bridgehead atoms. The lowest BCUT2D eigenvalue weighted by Crippen LogP contribution is -2.30. The summed E-state index contributed by atoms with van der Waals surface area (Å²) in [5.74, 6) is 0.551. The summed E-state index contributed by atoms with van der Waals surface area (Å²) in [5, 5.41) is 3.01. The van der Waals surface area contributed by atoms with Gasteiger partial charge in [0.05, 0.1) is 0 Å². The summed E-state index contributed by atoms with van der Waals surface area (Å²) in [6.07, 6.45) is 7.76. The van der Waals surface area contributed by atoms with Crippen LogP contribution in [-0.4, -0.2) is 12.5 Å². The Morgan fingerprint density at radius 3 is 3.00 bits per heavy atom. The summed E-state index contributed by atoms with van der Waals surface area (Å²) in [6, 6.07) is 5.44. The van der Waals surface area contributed by atoms with Gasteiger partial charge in [0.15, 0.2) is 0 Å². The number of nitrogens with one attached hydrogen (secondary N) is 1. The van der Waals surface area contributed by atoms with Gasteiger partial charge in [-0.2, -0.15) is 0 Å². The Kier molecular flexibility index (Phi) is 4.03. The molecule has 18 heavy (non-hydrogen) atoms. The molecule has 1 amide bonds. The van der Waals surface area contributed by atoms with E-state index in [-0.39, 0.29) is 5.91 Å². The van der Waals surface area contributed by atoms with Gasteiger partial charge in [-0.1, -0.05) is 18.2 Å². The van der Waals surface area contributed by atoms with Gasteiger partial charge in [-0.25, -0.2) is 0 Å². The molecule has 3 heteroatoms. The van der Waals surface area contributed by atoms with Crippen LogP contribution in [0.1, 0.15) is 35.2 Å². The van der Waals surface area contributed by atoms with Crippen molar-refractivity contribution < 1.29 is 4.79 Å². The zero-order valence-corrected chi connectivity index (χ0v) is 10.8. The van der Waals surface area contributed by atoms with E-state index in [1.165, 1.54) is 0 Å². The third kappa shape index (κ3) is 3.13. The van der Waals surface area contributed by atoms with Gasteiger partial charge >= 0.3 is 0 Å². The quantitative estimate of drug-likeness (QED) is 0.634. The number of nitrogen functional groups attached to an aromatic ring is 1. The number of nitrogens with two attached hydrogens (primary N) is 1. The van der Waals surface area contributed by atoms with Crippen LogP contribution in [0.25, 0.3) is 0 Å². The van der Waals surface area contributed by atoms with Crippen LogP contribution in [0.5, 0.6) is 0 Å². The van der Waals surface area contributed by atoms with E-state index in [0.29, 0.717) is 17.2 Å². The topological polar surface area (TPSA) is 55.1 Å². The van der Waals surface area contributed by atoms with Gasteiger partial charge in [-0.3, -0.25) is 4.79 Å². The monoisotopic (exact) mass is 244 g/mol. The van der Waals surface area contributed by atoms with E-state index in [0.717, 1.165) is 31.4 Å². The van der Waals surface area contributed by atoms with Crippen molar-refractivity contribution in [1.29, 1.82) is 0 Å². The van der Waals surface area contributed by atoms with Crippen LogP contribution in [0.4, 0.5) is 5.69 Å². The van der Waals surface area contributed by atoms with E-state index < -0.39 is 0 Å². The zero-order valence-electron chi connectivity index (χ0n) is 10.8. The van der Waals surface area contributed by atoms with Crippen molar-refractivity contribution in [2.45, 2.75) is 26.2 Å². The molecule has 0 radical (unpaired) electrons. The van der Waals surface area contributed by atoms with Crippen LogP contribution < -0.4 is 11.1 Å². The maximum atomic E-state index is 12.1. The molecule has 1 aliphatic rings. The van der Waals surface area contributed by atoms with Crippen molar-refractivity contribution in [1.82, 2.24) is 5.32 Å². The van der Waals surface area contributed by atoms with Gasteiger partial charge in [0.1, 0.15) is 0 Å². The molecule has 1 aromatic carbocycles. The molecule has 0 fully saturated rings. The Labute approximate surface area is 108 Å². The van der Waals surface area contributed by atoms with Crippen LogP contribution >= 0.6 is 0 Å². The van der Waals surface area contributed by atoms with Gasteiger partial charge < -0.3 is 11.1 Å². The fraction of sp³-hybridized carbons (Fsp3) is 0.400. The van der Waals surface area contributed by atoms with Crippen LogP contribution in [0.3, 0.4) is 0 Å². The average Bonchev–Trinajstić information content (AvgIpc) is 2.40. The minimum atomic E-state index is -0.0191. The van der Waals surface area contributed by atoms with Gasteiger partial charge in [-0.15, -0.1) is 0 Å². The molecule has 0 aliphatic heterocycles. The highest BCUT2D eigenvalue weighted by Gasteiger charge is 2.13. The first-order chi connectivity index (χ1) is 8.66. The highest BCUT2D eigenvalue weighted by molar-refractivity contribution is 5.96. The molecule has 0 aromatic heterocycles. The van der Waals surface area contributed by atoms with Crippen molar-refractivity contribution in [3.63, 3.8) is 0 Å². The zero-order chi connectivity index (χ0) is 13.0. The van der Waals surface area contributed by atoms with Crippen molar-refractivity contribution in [2.75, 3.05) is 12.3 Å². The first-order valence-electron chi connectivity index (χ1n) is 6.46. The summed E-state index contributed by atoms with van der Waals surface area (Å²) in [7, 11) is 0. The molecule has 1 unspecified atom stereocenters. The smallest absolute Gasteiger partial charge is 0.251 e. The molecule has 3 N–H and O–H groups in total. The molecule has 1 atom stereocenters. The maximum absolute atomic E-state index is 12.1. The number of hydrogen-bond acceptors (Lipinski definition) is 2. The van der Waals surface area contributed by atoms with E-state index in [1.54, 1.807) is 6.07 Å². The van der Waals surface area contributed by atoms with Gasteiger partial charge in [0.2, 0.25) is 0 Å². The molecule has 0 heterocycles. The van der Waals surface area contributed by atoms with Gasteiger partial charge in [0, 0.05) is 17.8 Å². The minimum Gasteiger partial charge on any atom is -0.399 e. The van der Waals surface area contributed by atoms with Gasteiger partial charge in [-0.05, 0) is 49.8 Å². The summed E-state index contributed by atoms with van der Waals surface area (Å²) >= 11 is 0. The highest BCUT2D eigenvalue weighted by atomic mass is 16.1. The number of anilines is 1. The van der Waals surface area contributed by atoms with E-state index in [9.17, 15) is 4.79 Å². The largest absolute Gasteiger partial charge is 0.399 e. The number of carbonyl (C=O) groups excluding carboxylic acids is 1. The van der Waals surface area contributed by atoms with Crippen molar-refractivity contribution in [3.05, 3.63) is 41.5 Å². The first-order valence-corrected chi connectivity index (χ1v) is 6.46. The summed E-state index contributed by atoms with van der Waals surface area (Å²) in [5.41, 5.74) is 7.99. The Balaban J connectivity index is 1.95. The summed E-state index contributed by atoms with van der Waals surface area (Å²) in [6.45, 7) is 2.68. The van der Waals surface area contributed by atoms with E-state index in [4.69, 9.17) is 5.73 Å². The summed E-state index contributed by atoms with van der Waals surface area (Å²) in [4.78, 5) is 12.1. The van der Waals surface area contributed by atoms with Crippen LogP contribution in [-0.2, 0) is 0 Å². The molecule has 2 rings (SSSR count). The van der Waals surface area contributed by atoms with Crippen LogP contribution in [0.15, 0.2) is 30.4 Å². The number of hydrogen-bond donors (Lipinski definition) is 2. The number of carbonyl (C=O) groups is 1. The fourth-order valence-electron chi connectivity index (χ4n) is 2.26. The second-order valence-electron chi connectivity index (χ2n) is 4.93. The van der Waals surface area contributed by atoms with Crippen LogP contribution in [0.2, 0.25) is 0 Å². The average molecular weight is 244 g/mol. The van der Waals surface area contributed by atoms with E-state index >= 15 is 0 Å². The van der Waals surface area contributed by atoms with Gasteiger partial charge in [0.25, 0.3) is 5.91 Å². The molecule has 96 valence electrons. The molecule has 0 saturated heterocycles. The lowest BCUT2D eigenvalue weighted by Gasteiger charge is -2.18. The Morgan fingerprint density at radius 1 is 1.44 bits per heavy atom. The second kappa shape index (κ2) is 5.71. The number of amides is 1. The number of benzene rings is 1. The van der Waals surface area contributed by atoms with Crippen molar-refractivity contribution in [2.24, 2.45) is 5.92 Å². The number of allylic oxidation sites excluding steroid dienone is 2. The summed E-state index contributed by atoms with van der Waals surface area (Å²) < 4.78 is 0. The Hall–Kier alpha value is -1.77. The molecular weight excluding hydrogens is 224 g/mol.